The number of furan rings is 1. The molecule has 268 valence electrons. The van der Waals surface area contributed by atoms with Crippen LogP contribution in [-0.4, -0.2) is 16.2 Å². The highest BCUT2D eigenvalue weighted by Crippen LogP contribution is 2.43. The monoisotopic (exact) mass is 748 g/mol. The normalized spacial score (nSPS) is 14.5. The molecule has 11 aromatic rings. The number of rotatable bonds is 5. The molecule has 57 heavy (non-hydrogen) atoms. The number of fused-ring (bicyclic) bond motifs is 9. The fraction of sp³-hybridized carbons (Fsp3) is 0.0196. The van der Waals surface area contributed by atoms with Crippen molar-refractivity contribution in [2.75, 3.05) is 0 Å². The van der Waals surface area contributed by atoms with E-state index in [1.165, 1.54) is 47.7 Å². The number of benzene rings is 8. The van der Waals surface area contributed by atoms with Crippen LogP contribution in [0.4, 0.5) is 0 Å². The molecule has 0 amide bonds. The highest BCUT2D eigenvalue weighted by atomic mass is 32.1. The van der Waals surface area contributed by atoms with Crippen LogP contribution in [0.25, 0.3) is 80.7 Å². The first-order chi connectivity index (χ1) is 28.2. The van der Waals surface area contributed by atoms with Crippen molar-refractivity contribution in [2.24, 2.45) is 9.98 Å². The summed E-state index contributed by atoms with van der Waals surface area (Å²) in [5.74, 6) is 1.48. The number of hydrogen-bond donors (Lipinski definition) is 1. The smallest absolute Gasteiger partial charge is 0.159 e. The number of para-hydroxylation sites is 2. The molecule has 6 heteroatoms. The van der Waals surface area contributed by atoms with Crippen LogP contribution in [-0.2, 0) is 0 Å². The second-order valence-electron chi connectivity index (χ2n) is 14.6. The molecule has 0 spiro atoms. The molecule has 0 saturated carbocycles. The second kappa shape index (κ2) is 12.6. The first-order valence-electron chi connectivity index (χ1n) is 19.2. The van der Waals surface area contributed by atoms with Gasteiger partial charge >= 0.3 is 0 Å². The maximum atomic E-state index is 6.61. The molecule has 0 aliphatic carbocycles. The summed E-state index contributed by atoms with van der Waals surface area (Å²) in [6.45, 7) is 0. The summed E-state index contributed by atoms with van der Waals surface area (Å²) in [7, 11) is 0. The Morgan fingerprint density at radius 1 is 0.509 bits per heavy atom. The molecule has 1 unspecified atom stereocenters. The number of thiophene rings is 1. The minimum absolute atomic E-state index is 0.390. The van der Waals surface area contributed by atoms with Crippen LogP contribution in [0.3, 0.4) is 0 Å². The van der Waals surface area contributed by atoms with Crippen LogP contribution in [0.15, 0.2) is 196 Å². The standard InChI is InChI=1S/C51H32N4OS/c1-3-13-31(14-4-1)49-52-50(32-15-5-2-6-16-32)54-51(53-49)40-20-12-24-44-48(40)47-35(19-11-23-43(47)56-44)33-25-27-38-39-28-26-34(30-46(39)57-45(38)29-33)55-41-21-9-7-17-36(41)37-18-8-10-22-42(37)55/h1-30,51H,(H,52,53,54). The maximum Gasteiger partial charge on any atom is 0.159 e. The highest BCUT2D eigenvalue weighted by molar-refractivity contribution is 7.25. The Morgan fingerprint density at radius 2 is 1.14 bits per heavy atom. The van der Waals surface area contributed by atoms with E-state index in [9.17, 15) is 0 Å². The lowest BCUT2D eigenvalue weighted by Crippen LogP contribution is -2.33. The summed E-state index contributed by atoms with van der Waals surface area (Å²) in [6.07, 6.45) is -0.390. The second-order valence-corrected chi connectivity index (χ2v) is 15.6. The Labute approximate surface area is 331 Å². The van der Waals surface area contributed by atoms with Crippen molar-refractivity contribution in [3.63, 3.8) is 0 Å². The minimum atomic E-state index is -0.390. The van der Waals surface area contributed by atoms with Gasteiger partial charge in [-0.2, -0.15) is 0 Å². The number of aliphatic imine (C=N–C) groups is 2. The van der Waals surface area contributed by atoms with E-state index in [1.54, 1.807) is 0 Å². The van der Waals surface area contributed by atoms with Crippen LogP contribution in [0.5, 0.6) is 0 Å². The van der Waals surface area contributed by atoms with E-state index >= 15 is 0 Å². The molecule has 0 bridgehead atoms. The molecule has 1 aliphatic heterocycles. The fourth-order valence-corrected chi connectivity index (χ4v) is 9.88. The lowest BCUT2D eigenvalue weighted by atomic mass is 9.95. The third-order valence-corrected chi connectivity index (χ3v) is 12.4. The largest absolute Gasteiger partial charge is 0.456 e. The summed E-state index contributed by atoms with van der Waals surface area (Å²) < 4.78 is 11.5. The molecule has 4 heterocycles. The predicted molar refractivity (Wildman–Crippen MR) is 238 cm³/mol. The van der Waals surface area contributed by atoms with Gasteiger partial charge in [0.2, 0.25) is 0 Å². The Balaban J connectivity index is 1.00. The van der Waals surface area contributed by atoms with Gasteiger partial charge in [0.1, 0.15) is 23.2 Å². The van der Waals surface area contributed by atoms with Crippen molar-refractivity contribution in [2.45, 2.75) is 6.17 Å². The predicted octanol–water partition coefficient (Wildman–Crippen LogP) is 13.2. The molecule has 1 aliphatic rings. The van der Waals surface area contributed by atoms with E-state index < -0.39 is 0 Å². The van der Waals surface area contributed by atoms with Crippen molar-refractivity contribution >= 4 is 86.9 Å². The van der Waals surface area contributed by atoms with Crippen LogP contribution in [0, 0.1) is 0 Å². The third-order valence-electron chi connectivity index (χ3n) is 11.3. The van der Waals surface area contributed by atoms with Gasteiger partial charge < -0.3 is 14.3 Å². The average Bonchev–Trinajstić information content (AvgIpc) is 3.96. The zero-order chi connectivity index (χ0) is 37.5. The van der Waals surface area contributed by atoms with E-state index in [4.69, 9.17) is 14.4 Å². The van der Waals surface area contributed by atoms with Crippen molar-refractivity contribution < 1.29 is 4.42 Å². The topological polar surface area (TPSA) is 54.8 Å². The number of nitrogens with zero attached hydrogens (tertiary/aromatic N) is 3. The molecule has 8 aromatic carbocycles. The van der Waals surface area contributed by atoms with Crippen molar-refractivity contribution in [3.05, 3.63) is 199 Å². The lowest BCUT2D eigenvalue weighted by Gasteiger charge is -2.24. The quantitative estimate of drug-likeness (QED) is 0.191. The summed E-state index contributed by atoms with van der Waals surface area (Å²) in [5, 5.41) is 10.9. The number of hydrogen-bond acceptors (Lipinski definition) is 5. The maximum absolute atomic E-state index is 6.61. The molecule has 3 aromatic heterocycles. The van der Waals surface area contributed by atoms with Crippen LogP contribution < -0.4 is 5.32 Å². The van der Waals surface area contributed by atoms with E-state index in [0.29, 0.717) is 5.84 Å². The van der Waals surface area contributed by atoms with Gasteiger partial charge in [0.05, 0.1) is 11.0 Å². The molecule has 0 fully saturated rings. The average molecular weight is 749 g/mol. The summed E-state index contributed by atoms with van der Waals surface area (Å²) in [5.41, 5.74) is 10.6. The molecule has 1 N–H and O–H groups in total. The van der Waals surface area contributed by atoms with E-state index in [-0.39, 0.29) is 6.17 Å². The summed E-state index contributed by atoms with van der Waals surface area (Å²) in [4.78, 5) is 10.3. The zero-order valence-corrected chi connectivity index (χ0v) is 31.4. The summed E-state index contributed by atoms with van der Waals surface area (Å²) in [6, 6.07) is 64.3. The Kier molecular flexibility index (Phi) is 7.09. The SMILES string of the molecule is c1ccc(C2=NC(c3cccc4oc5cccc(-c6ccc7c(c6)sc6cc(-n8c9ccccc9c9ccccc98)ccc67)c5c34)NC(c3ccccc3)=N2)cc1. The zero-order valence-electron chi connectivity index (χ0n) is 30.6. The Hall–Kier alpha value is -7.28. The number of amidine groups is 2. The van der Waals surface area contributed by atoms with Gasteiger partial charge in [-0.15, -0.1) is 11.3 Å². The van der Waals surface area contributed by atoms with Crippen molar-refractivity contribution in [1.29, 1.82) is 0 Å². The third kappa shape index (κ3) is 5.08. The molecular formula is C51H32N4OS. The first-order valence-corrected chi connectivity index (χ1v) is 20.0. The molecular weight excluding hydrogens is 717 g/mol. The van der Waals surface area contributed by atoms with Gasteiger partial charge in [0, 0.05) is 64.1 Å². The van der Waals surface area contributed by atoms with Gasteiger partial charge in [0.15, 0.2) is 5.84 Å². The van der Waals surface area contributed by atoms with Gasteiger partial charge in [-0.05, 0) is 53.6 Å². The Morgan fingerprint density at radius 3 is 1.89 bits per heavy atom. The van der Waals surface area contributed by atoms with Crippen molar-refractivity contribution in [1.82, 2.24) is 9.88 Å². The van der Waals surface area contributed by atoms with Gasteiger partial charge in [0.25, 0.3) is 0 Å². The fourth-order valence-electron chi connectivity index (χ4n) is 8.70. The van der Waals surface area contributed by atoms with E-state index in [0.717, 1.165) is 55.6 Å². The first kappa shape index (κ1) is 32.0. The minimum Gasteiger partial charge on any atom is -0.456 e. The molecule has 5 nitrogen and oxygen atoms in total. The van der Waals surface area contributed by atoms with Crippen LogP contribution in [0.2, 0.25) is 0 Å². The summed E-state index contributed by atoms with van der Waals surface area (Å²) >= 11 is 1.85. The number of nitrogens with one attached hydrogen (secondary N) is 1. The van der Waals surface area contributed by atoms with Gasteiger partial charge in [-0.3, -0.25) is 0 Å². The van der Waals surface area contributed by atoms with E-state index in [2.05, 4.69) is 155 Å². The molecule has 0 radical (unpaired) electrons. The molecule has 12 rings (SSSR count). The van der Waals surface area contributed by atoms with E-state index in [1.807, 2.05) is 47.7 Å². The lowest BCUT2D eigenvalue weighted by molar-refractivity contribution is 0.662. The van der Waals surface area contributed by atoms with Gasteiger partial charge in [-0.25, -0.2) is 9.98 Å². The Bertz CT molecular complexity index is 3390. The molecule has 0 saturated heterocycles. The van der Waals surface area contributed by atoms with Crippen LogP contribution in [0.1, 0.15) is 22.9 Å². The number of aromatic nitrogens is 1. The van der Waals surface area contributed by atoms with Crippen LogP contribution >= 0.6 is 11.3 Å². The van der Waals surface area contributed by atoms with Gasteiger partial charge in [-0.1, -0.05) is 140 Å². The van der Waals surface area contributed by atoms with Crippen molar-refractivity contribution in [3.8, 4) is 16.8 Å². The molecule has 1 atom stereocenters. The highest BCUT2D eigenvalue weighted by Gasteiger charge is 2.25.